The van der Waals surface area contributed by atoms with E-state index < -0.39 is 27.8 Å². The molecule has 1 aliphatic heterocycles. The van der Waals surface area contributed by atoms with Crippen LogP contribution in [0.3, 0.4) is 0 Å². The number of alkyl halides is 3. The monoisotopic (exact) mass is 520 g/mol. The second kappa shape index (κ2) is 9.64. The van der Waals surface area contributed by atoms with E-state index in [1.54, 1.807) is 31.2 Å². The molecule has 1 aromatic carbocycles. The third-order valence-corrected chi connectivity index (χ3v) is 7.00. The Labute approximate surface area is 205 Å². The van der Waals surface area contributed by atoms with Crippen molar-refractivity contribution in [3.05, 3.63) is 65.7 Å². The number of hydrogen-bond acceptors (Lipinski definition) is 6. The van der Waals surface area contributed by atoms with E-state index >= 15 is 0 Å². The highest BCUT2D eigenvalue weighted by Gasteiger charge is 2.35. The number of sulfonamides is 1. The summed E-state index contributed by atoms with van der Waals surface area (Å²) in [4.78, 5) is 22.8. The van der Waals surface area contributed by atoms with Crippen LogP contribution in [0.5, 0.6) is 0 Å². The summed E-state index contributed by atoms with van der Waals surface area (Å²) >= 11 is 0. The van der Waals surface area contributed by atoms with Gasteiger partial charge in [0, 0.05) is 31.7 Å². The number of carbonyl (C=O) groups excluding carboxylic acids is 1. The maximum atomic E-state index is 13.7. The van der Waals surface area contributed by atoms with Gasteiger partial charge in [0.05, 0.1) is 11.3 Å². The number of anilines is 2. The summed E-state index contributed by atoms with van der Waals surface area (Å²) in [5.41, 5.74) is 4.73. The standard InChI is InChI=1S/C23H23F3N6O3S/c1-15-5-2-3-6-16(15)21-17(23(24,25)26)9-10-18(28-21)30-36(34,35)20-8-4-7-19(29-20)31-11-13-32(14-12-31)22(27)33/h2-10H,11-14H2,1H3,(H2,27,33)(H,28,30). The lowest BCUT2D eigenvalue weighted by Crippen LogP contribution is -2.50. The van der Waals surface area contributed by atoms with E-state index in [0.717, 1.165) is 12.1 Å². The van der Waals surface area contributed by atoms with Gasteiger partial charge in [0.25, 0.3) is 10.0 Å². The lowest BCUT2D eigenvalue weighted by molar-refractivity contribution is -0.137. The number of aromatic nitrogens is 2. The van der Waals surface area contributed by atoms with Crippen molar-refractivity contribution >= 4 is 27.7 Å². The highest BCUT2D eigenvalue weighted by molar-refractivity contribution is 7.92. The van der Waals surface area contributed by atoms with Gasteiger partial charge in [-0.3, -0.25) is 4.72 Å². The number of nitrogens with two attached hydrogens (primary N) is 1. The van der Waals surface area contributed by atoms with Crippen LogP contribution in [0.1, 0.15) is 11.1 Å². The van der Waals surface area contributed by atoms with Crippen LogP contribution in [0.2, 0.25) is 0 Å². The number of benzene rings is 1. The molecule has 2 aromatic heterocycles. The van der Waals surface area contributed by atoms with Crippen molar-refractivity contribution in [2.24, 2.45) is 5.73 Å². The summed E-state index contributed by atoms with van der Waals surface area (Å²) in [7, 11) is -4.27. The van der Waals surface area contributed by atoms with Crippen LogP contribution in [0.4, 0.5) is 29.6 Å². The van der Waals surface area contributed by atoms with Crippen LogP contribution in [0.15, 0.2) is 59.6 Å². The Kier molecular flexibility index (Phi) is 6.76. The number of nitrogens with zero attached hydrogens (tertiary/aromatic N) is 4. The van der Waals surface area contributed by atoms with Crippen LogP contribution in [0, 0.1) is 6.92 Å². The molecular formula is C23H23F3N6O3S. The van der Waals surface area contributed by atoms with Crippen LogP contribution in [-0.4, -0.2) is 55.5 Å². The number of pyridine rings is 2. The molecule has 0 atom stereocenters. The highest BCUT2D eigenvalue weighted by atomic mass is 32.2. The van der Waals surface area contributed by atoms with E-state index in [2.05, 4.69) is 14.7 Å². The minimum absolute atomic E-state index is 0.237. The zero-order valence-electron chi connectivity index (χ0n) is 19.2. The van der Waals surface area contributed by atoms with Gasteiger partial charge in [-0.15, -0.1) is 0 Å². The summed E-state index contributed by atoms with van der Waals surface area (Å²) in [6.45, 7) is 3.19. The minimum atomic E-state index is -4.68. The minimum Gasteiger partial charge on any atom is -0.353 e. The van der Waals surface area contributed by atoms with Crippen molar-refractivity contribution in [2.75, 3.05) is 35.8 Å². The first-order valence-corrected chi connectivity index (χ1v) is 12.4. The zero-order chi connectivity index (χ0) is 26.1. The van der Waals surface area contributed by atoms with Crippen molar-refractivity contribution in [2.45, 2.75) is 18.1 Å². The first-order valence-electron chi connectivity index (χ1n) is 10.9. The predicted molar refractivity (Wildman–Crippen MR) is 128 cm³/mol. The van der Waals surface area contributed by atoms with E-state index in [-0.39, 0.29) is 22.1 Å². The number of amides is 2. The summed E-state index contributed by atoms with van der Waals surface area (Å²) in [6.07, 6.45) is -4.68. The Morgan fingerprint density at radius 3 is 2.31 bits per heavy atom. The number of aryl methyl sites for hydroxylation is 1. The summed E-state index contributed by atoms with van der Waals surface area (Å²) < 4.78 is 69.3. The third kappa shape index (κ3) is 5.35. The predicted octanol–water partition coefficient (Wildman–Crippen LogP) is 3.47. The topological polar surface area (TPSA) is 122 Å². The molecule has 0 bridgehead atoms. The quantitative estimate of drug-likeness (QED) is 0.531. The van der Waals surface area contributed by atoms with Crippen molar-refractivity contribution in [3.8, 4) is 11.3 Å². The van der Waals surface area contributed by atoms with Crippen LogP contribution < -0.4 is 15.4 Å². The molecule has 9 nitrogen and oxygen atoms in total. The first-order chi connectivity index (χ1) is 17.0. The van der Waals surface area contributed by atoms with Crippen LogP contribution in [-0.2, 0) is 16.2 Å². The largest absolute Gasteiger partial charge is 0.418 e. The normalized spacial score (nSPS) is 14.6. The Hall–Kier alpha value is -3.87. The molecule has 13 heteroatoms. The average molecular weight is 521 g/mol. The van der Waals surface area contributed by atoms with Gasteiger partial charge in [-0.25, -0.2) is 14.8 Å². The molecule has 0 radical (unpaired) electrons. The fraction of sp³-hybridized carbons (Fsp3) is 0.261. The maximum Gasteiger partial charge on any atom is 0.418 e. The molecular weight excluding hydrogens is 497 g/mol. The number of nitrogens with one attached hydrogen (secondary N) is 1. The third-order valence-electron chi connectivity index (χ3n) is 5.74. The molecule has 2 amide bonds. The van der Waals surface area contributed by atoms with E-state index in [0.29, 0.717) is 37.6 Å². The maximum absolute atomic E-state index is 13.7. The van der Waals surface area contributed by atoms with Crippen molar-refractivity contribution < 1.29 is 26.4 Å². The van der Waals surface area contributed by atoms with Gasteiger partial charge >= 0.3 is 12.2 Å². The number of halogens is 3. The van der Waals surface area contributed by atoms with E-state index in [4.69, 9.17) is 5.73 Å². The summed E-state index contributed by atoms with van der Waals surface area (Å²) in [5, 5.41) is -0.323. The van der Waals surface area contributed by atoms with E-state index in [1.165, 1.54) is 23.1 Å². The van der Waals surface area contributed by atoms with Crippen molar-refractivity contribution in [1.82, 2.24) is 14.9 Å². The average Bonchev–Trinajstić information content (AvgIpc) is 2.83. The number of hydrogen-bond donors (Lipinski definition) is 2. The van der Waals surface area contributed by atoms with Gasteiger partial charge in [0.1, 0.15) is 11.6 Å². The van der Waals surface area contributed by atoms with Crippen LogP contribution >= 0.6 is 0 Å². The molecule has 0 spiro atoms. The molecule has 0 unspecified atom stereocenters. The molecule has 36 heavy (non-hydrogen) atoms. The molecule has 3 aromatic rings. The number of urea groups is 1. The summed E-state index contributed by atoms with van der Waals surface area (Å²) in [5.74, 6) is 0.103. The Morgan fingerprint density at radius 2 is 1.67 bits per heavy atom. The van der Waals surface area contributed by atoms with Gasteiger partial charge in [0.2, 0.25) is 0 Å². The van der Waals surface area contributed by atoms with Gasteiger partial charge < -0.3 is 15.5 Å². The fourth-order valence-corrected chi connectivity index (χ4v) is 4.83. The zero-order valence-corrected chi connectivity index (χ0v) is 20.0. The highest BCUT2D eigenvalue weighted by Crippen LogP contribution is 2.38. The fourth-order valence-electron chi connectivity index (χ4n) is 3.86. The number of rotatable bonds is 5. The molecule has 1 aliphatic rings. The molecule has 0 aliphatic carbocycles. The number of carbonyl (C=O) groups is 1. The Bertz CT molecular complexity index is 1390. The van der Waals surface area contributed by atoms with E-state index in [1.807, 2.05) is 4.90 Å². The lowest BCUT2D eigenvalue weighted by atomic mass is 10.0. The summed E-state index contributed by atoms with van der Waals surface area (Å²) in [6, 6.07) is 12.1. The van der Waals surface area contributed by atoms with Gasteiger partial charge in [0.15, 0.2) is 5.03 Å². The van der Waals surface area contributed by atoms with Crippen molar-refractivity contribution in [3.63, 3.8) is 0 Å². The molecule has 3 N–H and O–H groups in total. The number of primary amides is 1. The number of piperazine rings is 1. The smallest absolute Gasteiger partial charge is 0.353 e. The molecule has 1 fully saturated rings. The molecule has 0 saturated carbocycles. The van der Waals surface area contributed by atoms with Crippen molar-refractivity contribution in [1.29, 1.82) is 0 Å². The SMILES string of the molecule is Cc1ccccc1-c1nc(NS(=O)(=O)c2cccc(N3CCN(C(N)=O)CC3)n2)ccc1C(F)(F)F. The second-order valence-electron chi connectivity index (χ2n) is 8.16. The lowest BCUT2D eigenvalue weighted by Gasteiger charge is -2.34. The molecule has 4 rings (SSSR count). The Morgan fingerprint density at radius 1 is 0.972 bits per heavy atom. The van der Waals surface area contributed by atoms with Gasteiger partial charge in [-0.2, -0.15) is 21.6 Å². The first kappa shape index (κ1) is 25.2. The van der Waals surface area contributed by atoms with Gasteiger partial charge in [-0.1, -0.05) is 30.3 Å². The van der Waals surface area contributed by atoms with Gasteiger partial charge in [-0.05, 0) is 36.8 Å². The molecule has 3 heterocycles. The molecule has 190 valence electrons. The second-order valence-corrected chi connectivity index (χ2v) is 9.79. The Balaban J connectivity index is 1.63. The molecule has 1 saturated heterocycles. The van der Waals surface area contributed by atoms with E-state index in [9.17, 15) is 26.4 Å². The van der Waals surface area contributed by atoms with Crippen LogP contribution in [0.25, 0.3) is 11.3 Å².